The second kappa shape index (κ2) is 5.44. The van der Waals surface area contributed by atoms with Crippen molar-refractivity contribution in [3.8, 4) is 0 Å². The van der Waals surface area contributed by atoms with Gasteiger partial charge in [0, 0.05) is 15.8 Å². The van der Waals surface area contributed by atoms with Gasteiger partial charge in [-0.15, -0.1) is 0 Å². The van der Waals surface area contributed by atoms with Crippen molar-refractivity contribution in [3.05, 3.63) is 34.3 Å². The van der Waals surface area contributed by atoms with Crippen LogP contribution in [0.2, 0.25) is 0 Å². The second-order valence-electron chi connectivity index (χ2n) is 4.86. The fraction of sp³-hybridized carbons (Fsp3) is 0.462. The Kier molecular flexibility index (Phi) is 4.15. The van der Waals surface area contributed by atoms with Crippen LogP contribution in [0.15, 0.2) is 33.7 Å². The van der Waals surface area contributed by atoms with Gasteiger partial charge in [-0.2, -0.15) is 0 Å². The van der Waals surface area contributed by atoms with Gasteiger partial charge in [0.1, 0.15) is 0 Å². The quantitative estimate of drug-likeness (QED) is 0.898. The highest BCUT2D eigenvalue weighted by atomic mass is 79.9. The Balaban J connectivity index is 1.98. The van der Waals surface area contributed by atoms with Gasteiger partial charge < -0.3 is 5.32 Å². The molecule has 0 radical (unpaired) electrons. The standard InChI is InChI=1S/C13H17BrN2S/c1-13(2)7-8-17-12(16-13)15-9-10-3-5-11(14)6-4-10/h3-6H,7-9H2,1-2H3,(H,15,16). The minimum atomic E-state index is 0.184. The molecule has 4 heteroatoms. The molecule has 1 heterocycles. The lowest BCUT2D eigenvalue weighted by Gasteiger charge is -2.32. The highest BCUT2D eigenvalue weighted by Gasteiger charge is 2.23. The van der Waals surface area contributed by atoms with Gasteiger partial charge in [-0.3, -0.25) is 4.99 Å². The van der Waals surface area contributed by atoms with E-state index in [-0.39, 0.29) is 5.54 Å². The maximum absolute atomic E-state index is 4.63. The number of benzene rings is 1. The van der Waals surface area contributed by atoms with Gasteiger partial charge in [-0.1, -0.05) is 39.8 Å². The normalized spacial score (nSPS) is 21.2. The monoisotopic (exact) mass is 312 g/mol. The van der Waals surface area contributed by atoms with Crippen molar-refractivity contribution in [3.63, 3.8) is 0 Å². The number of nitrogens with one attached hydrogen (secondary N) is 1. The lowest BCUT2D eigenvalue weighted by Crippen LogP contribution is -2.46. The second-order valence-corrected chi connectivity index (χ2v) is 6.85. The fourth-order valence-corrected chi connectivity index (χ4v) is 3.20. The van der Waals surface area contributed by atoms with Crippen molar-refractivity contribution in [2.24, 2.45) is 4.99 Å². The van der Waals surface area contributed by atoms with E-state index in [0.29, 0.717) is 0 Å². The van der Waals surface area contributed by atoms with Gasteiger partial charge in [-0.05, 0) is 38.0 Å². The first-order valence-electron chi connectivity index (χ1n) is 5.75. The van der Waals surface area contributed by atoms with E-state index < -0.39 is 0 Å². The minimum Gasteiger partial charge on any atom is -0.360 e. The molecule has 1 fully saturated rings. The molecule has 1 aliphatic rings. The van der Waals surface area contributed by atoms with Crippen LogP contribution < -0.4 is 5.32 Å². The third-order valence-corrected chi connectivity index (χ3v) is 4.17. The molecule has 1 aliphatic heterocycles. The third kappa shape index (κ3) is 4.03. The van der Waals surface area contributed by atoms with Crippen molar-refractivity contribution in [2.45, 2.75) is 32.4 Å². The van der Waals surface area contributed by atoms with Crippen molar-refractivity contribution in [1.82, 2.24) is 5.32 Å². The topological polar surface area (TPSA) is 24.4 Å². The van der Waals surface area contributed by atoms with Crippen LogP contribution in [0.1, 0.15) is 25.8 Å². The summed E-state index contributed by atoms with van der Waals surface area (Å²) in [5, 5.41) is 4.55. The molecule has 0 amide bonds. The Hall–Kier alpha value is -0.480. The highest BCUT2D eigenvalue weighted by molar-refractivity contribution is 9.10. The number of aliphatic imine (C=N–C) groups is 1. The summed E-state index contributed by atoms with van der Waals surface area (Å²) in [5.74, 6) is 1.15. The van der Waals surface area contributed by atoms with Crippen LogP contribution in [0, 0.1) is 0 Å². The molecule has 1 aromatic carbocycles. The van der Waals surface area contributed by atoms with Crippen LogP contribution in [-0.4, -0.2) is 16.5 Å². The van der Waals surface area contributed by atoms with E-state index >= 15 is 0 Å². The van der Waals surface area contributed by atoms with Gasteiger partial charge in [0.15, 0.2) is 5.17 Å². The van der Waals surface area contributed by atoms with Crippen LogP contribution in [0.25, 0.3) is 0 Å². The van der Waals surface area contributed by atoms with Crippen LogP contribution in [0.3, 0.4) is 0 Å². The Morgan fingerprint density at radius 2 is 2.06 bits per heavy atom. The molecule has 2 rings (SSSR count). The highest BCUT2D eigenvalue weighted by Crippen LogP contribution is 2.22. The Morgan fingerprint density at radius 3 is 2.71 bits per heavy atom. The number of hydrogen-bond acceptors (Lipinski definition) is 2. The number of nitrogens with zero attached hydrogens (tertiary/aromatic N) is 1. The third-order valence-electron chi connectivity index (χ3n) is 2.73. The average molecular weight is 313 g/mol. The predicted molar refractivity (Wildman–Crippen MR) is 79.6 cm³/mol. The fourth-order valence-electron chi connectivity index (χ4n) is 1.63. The Morgan fingerprint density at radius 1 is 1.35 bits per heavy atom. The van der Waals surface area contributed by atoms with Gasteiger partial charge >= 0.3 is 0 Å². The summed E-state index contributed by atoms with van der Waals surface area (Å²) < 4.78 is 1.11. The summed E-state index contributed by atoms with van der Waals surface area (Å²) in [6, 6.07) is 8.32. The summed E-state index contributed by atoms with van der Waals surface area (Å²) >= 11 is 5.25. The van der Waals surface area contributed by atoms with Gasteiger partial charge in [0.25, 0.3) is 0 Å². The number of rotatable bonds is 2. The Labute approximate surface area is 115 Å². The molecule has 92 valence electrons. The van der Waals surface area contributed by atoms with Crippen LogP contribution in [-0.2, 0) is 6.54 Å². The van der Waals surface area contributed by atoms with Gasteiger partial charge in [0.05, 0.1) is 6.54 Å². The summed E-state index contributed by atoms with van der Waals surface area (Å²) in [6.45, 7) is 5.20. The largest absolute Gasteiger partial charge is 0.360 e. The van der Waals surface area contributed by atoms with Crippen molar-refractivity contribution >= 4 is 32.9 Å². The maximum Gasteiger partial charge on any atom is 0.157 e. The summed E-state index contributed by atoms with van der Waals surface area (Å²) in [4.78, 5) is 4.63. The van der Waals surface area contributed by atoms with Crippen molar-refractivity contribution in [2.75, 3.05) is 5.75 Å². The first kappa shape index (κ1) is 13.0. The molecule has 1 N–H and O–H groups in total. The van der Waals surface area contributed by atoms with E-state index in [0.717, 1.165) is 21.9 Å². The lowest BCUT2D eigenvalue weighted by molar-refractivity contribution is 0.446. The van der Waals surface area contributed by atoms with Crippen molar-refractivity contribution in [1.29, 1.82) is 0 Å². The number of thioether (sulfide) groups is 1. The summed E-state index contributed by atoms with van der Waals surface area (Å²) in [6.07, 6.45) is 1.19. The molecule has 0 aliphatic carbocycles. The first-order valence-corrected chi connectivity index (χ1v) is 7.53. The molecular formula is C13H17BrN2S. The maximum atomic E-state index is 4.63. The summed E-state index contributed by atoms with van der Waals surface area (Å²) in [7, 11) is 0. The lowest BCUT2D eigenvalue weighted by atomic mass is 10.0. The molecule has 0 unspecified atom stereocenters. The smallest absolute Gasteiger partial charge is 0.157 e. The van der Waals surface area contributed by atoms with E-state index in [1.54, 1.807) is 0 Å². The van der Waals surface area contributed by atoms with E-state index in [1.165, 1.54) is 12.0 Å². The number of halogens is 1. The molecule has 1 aromatic rings. The molecule has 0 bridgehead atoms. The van der Waals surface area contributed by atoms with E-state index in [1.807, 2.05) is 11.8 Å². The molecule has 0 saturated carbocycles. The molecule has 0 spiro atoms. The molecule has 2 nitrogen and oxygen atoms in total. The number of hydrogen-bond donors (Lipinski definition) is 1. The van der Waals surface area contributed by atoms with E-state index in [2.05, 4.69) is 64.4 Å². The van der Waals surface area contributed by atoms with E-state index in [4.69, 9.17) is 0 Å². The predicted octanol–water partition coefficient (Wildman–Crippen LogP) is 3.81. The van der Waals surface area contributed by atoms with Gasteiger partial charge in [0.2, 0.25) is 0 Å². The Bertz CT molecular complexity index is 412. The molecule has 1 saturated heterocycles. The minimum absolute atomic E-state index is 0.184. The van der Waals surface area contributed by atoms with Gasteiger partial charge in [-0.25, -0.2) is 0 Å². The molecular weight excluding hydrogens is 296 g/mol. The SMILES string of the molecule is CC1(C)CCSC(=NCc2ccc(Br)cc2)N1. The zero-order valence-electron chi connectivity index (χ0n) is 10.2. The molecule has 0 aromatic heterocycles. The summed E-state index contributed by atoms with van der Waals surface area (Å²) in [5.41, 5.74) is 1.43. The molecule has 0 atom stereocenters. The van der Waals surface area contributed by atoms with Crippen LogP contribution in [0.5, 0.6) is 0 Å². The average Bonchev–Trinajstić information content (AvgIpc) is 2.27. The first-order chi connectivity index (χ1) is 8.05. The number of amidine groups is 1. The molecule has 17 heavy (non-hydrogen) atoms. The zero-order chi connectivity index (χ0) is 12.3. The van der Waals surface area contributed by atoms with E-state index in [9.17, 15) is 0 Å². The zero-order valence-corrected chi connectivity index (χ0v) is 12.6. The van der Waals surface area contributed by atoms with Crippen LogP contribution >= 0.6 is 27.7 Å². The van der Waals surface area contributed by atoms with Crippen LogP contribution in [0.4, 0.5) is 0 Å². The van der Waals surface area contributed by atoms with Crippen molar-refractivity contribution < 1.29 is 0 Å².